The molecule has 0 N–H and O–H groups in total. The van der Waals surface area contributed by atoms with E-state index in [1.54, 1.807) is 0 Å². The molecule has 1 saturated carbocycles. The van der Waals surface area contributed by atoms with Crippen LogP contribution in [-0.2, 0) is 6.54 Å². The standard InChI is InChI=1S/C14H22N2S/c1-12(17-2)7-9-16(14-5-6-14)11-13-4-3-8-15-10-13/h3-4,8,10,12,14H,5-7,9,11H2,1-2H3. The fraction of sp³-hybridized carbons (Fsp3) is 0.643. The summed E-state index contributed by atoms with van der Waals surface area (Å²) in [7, 11) is 0. The van der Waals surface area contributed by atoms with Gasteiger partial charge in [0.15, 0.2) is 0 Å². The largest absolute Gasteiger partial charge is 0.296 e. The average molecular weight is 250 g/mol. The van der Waals surface area contributed by atoms with Crippen molar-refractivity contribution in [3.05, 3.63) is 30.1 Å². The van der Waals surface area contributed by atoms with Gasteiger partial charge in [-0.2, -0.15) is 11.8 Å². The molecule has 1 atom stereocenters. The van der Waals surface area contributed by atoms with Gasteiger partial charge in [-0.15, -0.1) is 0 Å². The number of nitrogens with zero attached hydrogens (tertiary/aromatic N) is 2. The van der Waals surface area contributed by atoms with Crippen LogP contribution in [0, 0.1) is 0 Å². The topological polar surface area (TPSA) is 16.1 Å². The summed E-state index contributed by atoms with van der Waals surface area (Å²) in [6.07, 6.45) is 10.1. The van der Waals surface area contributed by atoms with Crippen LogP contribution in [-0.4, -0.2) is 34.0 Å². The molecule has 0 aromatic carbocycles. The van der Waals surface area contributed by atoms with Crippen LogP contribution in [0.1, 0.15) is 31.7 Å². The average Bonchev–Trinajstić information content (AvgIpc) is 3.19. The normalized spacial score (nSPS) is 17.4. The van der Waals surface area contributed by atoms with Gasteiger partial charge in [-0.3, -0.25) is 9.88 Å². The van der Waals surface area contributed by atoms with E-state index in [9.17, 15) is 0 Å². The number of hydrogen-bond acceptors (Lipinski definition) is 3. The van der Waals surface area contributed by atoms with Crippen molar-refractivity contribution in [2.24, 2.45) is 0 Å². The third kappa shape index (κ3) is 4.32. The van der Waals surface area contributed by atoms with E-state index >= 15 is 0 Å². The van der Waals surface area contributed by atoms with E-state index in [-0.39, 0.29) is 0 Å². The Morgan fingerprint density at radius 3 is 2.94 bits per heavy atom. The Morgan fingerprint density at radius 1 is 1.53 bits per heavy atom. The molecular formula is C14H22N2S. The summed E-state index contributed by atoms with van der Waals surface area (Å²) in [5, 5.41) is 0.769. The van der Waals surface area contributed by atoms with E-state index in [1.165, 1.54) is 31.4 Å². The maximum atomic E-state index is 4.20. The predicted molar refractivity (Wildman–Crippen MR) is 75.3 cm³/mol. The molecule has 0 radical (unpaired) electrons. The van der Waals surface area contributed by atoms with Crippen LogP contribution in [0.25, 0.3) is 0 Å². The monoisotopic (exact) mass is 250 g/mol. The fourth-order valence-electron chi connectivity index (χ4n) is 2.02. The third-order valence-corrected chi connectivity index (χ3v) is 4.44. The van der Waals surface area contributed by atoms with Crippen molar-refractivity contribution in [3.63, 3.8) is 0 Å². The van der Waals surface area contributed by atoms with Gasteiger partial charge in [0.25, 0.3) is 0 Å². The molecule has 0 bridgehead atoms. The predicted octanol–water partition coefficient (Wildman–Crippen LogP) is 3.19. The summed E-state index contributed by atoms with van der Waals surface area (Å²) in [5.74, 6) is 0. The molecule has 1 fully saturated rings. The number of aromatic nitrogens is 1. The lowest BCUT2D eigenvalue weighted by Crippen LogP contribution is -2.28. The maximum absolute atomic E-state index is 4.20. The molecule has 0 amide bonds. The molecule has 3 heteroatoms. The van der Waals surface area contributed by atoms with Gasteiger partial charge in [0.05, 0.1) is 0 Å². The minimum Gasteiger partial charge on any atom is -0.296 e. The second-order valence-electron chi connectivity index (χ2n) is 4.90. The Kier molecular flexibility index (Phi) is 4.86. The summed E-state index contributed by atoms with van der Waals surface area (Å²) in [6.45, 7) is 4.61. The van der Waals surface area contributed by atoms with Gasteiger partial charge in [0.2, 0.25) is 0 Å². The summed E-state index contributed by atoms with van der Waals surface area (Å²) in [4.78, 5) is 6.83. The van der Waals surface area contributed by atoms with Crippen LogP contribution in [0.5, 0.6) is 0 Å². The van der Waals surface area contributed by atoms with Gasteiger partial charge in [-0.1, -0.05) is 13.0 Å². The SMILES string of the molecule is CSC(C)CCN(Cc1cccnc1)C1CC1. The Hall–Kier alpha value is -0.540. The molecule has 17 heavy (non-hydrogen) atoms. The second-order valence-corrected chi connectivity index (χ2v) is 6.17. The maximum Gasteiger partial charge on any atom is 0.0312 e. The first-order valence-corrected chi connectivity index (χ1v) is 7.74. The van der Waals surface area contributed by atoms with E-state index < -0.39 is 0 Å². The number of thioether (sulfide) groups is 1. The highest BCUT2D eigenvalue weighted by molar-refractivity contribution is 7.99. The van der Waals surface area contributed by atoms with Gasteiger partial charge in [0.1, 0.15) is 0 Å². The van der Waals surface area contributed by atoms with Crippen molar-refractivity contribution in [1.82, 2.24) is 9.88 Å². The zero-order chi connectivity index (χ0) is 12.1. The number of hydrogen-bond donors (Lipinski definition) is 0. The minimum absolute atomic E-state index is 0.769. The van der Waals surface area contributed by atoms with Crippen molar-refractivity contribution < 1.29 is 0 Å². The highest BCUT2D eigenvalue weighted by atomic mass is 32.2. The third-order valence-electron chi connectivity index (χ3n) is 3.40. The molecule has 0 saturated heterocycles. The smallest absolute Gasteiger partial charge is 0.0312 e. The lowest BCUT2D eigenvalue weighted by Gasteiger charge is -2.23. The Bertz CT molecular complexity index is 324. The van der Waals surface area contributed by atoms with Crippen molar-refractivity contribution in [2.45, 2.75) is 44.0 Å². The number of pyridine rings is 1. The van der Waals surface area contributed by atoms with Crippen LogP contribution in [0.4, 0.5) is 0 Å². The molecule has 1 heterocycles. The minimum atomic E-state index is 0.769. The molecule has 1 aromatic rings. The molecule has 2 nitrogen and oxygen atoms in total. The van der Waals surface area contributed by atoms with Gasteiger partial charge >= 0.3 is 0 Å². The Balaban J connectivity index is 1.85. The van der Waals surface area contributed by atoms with Crippen LogP contribution >= 0.6 is 11.8 Å². The van der Waals surface area contributed by atoms with Crippen molar-refractivity contribution in [3.8, 4) is 0 Å². The van der Waals surface area contributed by atoms with E-state index in [0.29, 0.717) is 0 Å². The number of rotatable bonds is 7. The van der Waals surface area contributed by atoms with Crippen LogP contribution in [0.2, 0.25) is 0 Å². The molecule has 1 unspecified atom stereocenters. The van der Waals surface area contributed by atoms with E-state index in [4.69, 9.17) is 0 Å². The molecule has 1 aliphatic carbocycles. The summed E-state index contributed by atoms with van der Waals surface area (Å²) >= 11 is 1.97. The molecular weight excluding hydrogens is 228 g/mol. The first-order chi connectivity index (χ1) is 8.29. The quantitative estimate of drug-likeness (QED) is 0.739. The Labute approximate surface area is 109 Å². The van der Waals surface area contributed by atoms with Gasteiger partial charge in [-0.25, -0.2) is 0 Å². The summed E-state index contributed by atoms with van der Waals surface area (Å²) in [6, 6.07) is 5.05. The van der Waals surface area contributed by atoms with Crippen LogP contribution in [0.15, 0.2) is 24.5 Å². The molecule has 94 valence electrons. The molecule has 2 rings (SSSR count). The summed E-state index contributed by atoms with van der Waals surface area (Å²) in [5.41, 5.74) is 1.34. The van der Waals surface area contributed by atoms with E-state index in [1.807, 2.05) is 30.2 Å². The lowest BCUT2D eigenvalue weighted by molar-refractivity contribution is 0.251. The fourth-order valence-corrected chi connectivity index (χ4v) is 2.36. The van der Waals surface area contributed by atoms with Crippen molar-refractivity contribution in [2.75, 3.05) is 12.8 Å². The zero-order valence-electron chi connectivity index (χ0n) is 10.8. The van der Waals surface area contributed by atoms with Gasteiger partial charge in [0, 0.05) is 30.2 Å². The zero-order valence-corrected chi connectivity index (χ0v) is 11.6. The van der Waals surface area contributed by atoms with E-state index in [0.717, 1.165) is 17.8 Å². The molecule has 1 aliphatic rings. The van der Waals surface area contributed by atoms with Crippen LogP contribution in [0.3, 0.4) is 0 Å². The highest BCUT2D eigenvalue weighted by Gasteiger charge is 2.28. The highest BCUT2D eigenvalue weighted by Crippen LogP contribution is 2.29. The van der Waals surface area contributed by atoms with Gasteiger partial charge < -0.3 is 0 Å². The first-order valence-electron chi connectivity index (χ1n) is 6.45. The lowest BCUT2D eigenvalue weighted by atomic mass is 10.2. The van der Waals surface area contributed by atoms with Crippen LogP contribution < -0.4 is 0 Å². The molecule has 1 aromatic heterocycles. The summed E-state index contributed by atoms with van der Waals surface area (Å²) < 4.78 is 0. The van der Waals surface area contributed by atoms with Gasteiger partial charge in [-0.05, 0) is 43.7 Å². The molecule has 0 aliphatic heterocycles. The first kappa shape index (κ1) is 12.9. The Morgan fingerprint density at radius 2 is 2.35 bits per heavy atom. The molecule has 0 spiro atoms. The van der Waals surface area contributed by atoms with E-state index in [2.05, 4.69) is 29.1 Å². The van der Waals surface area contributed by atoms with Crippen molar-refractivity contribution in [1.29, 1.82) is 0 Å². The second kappa shape index (κ2) is 6.41. The van der Waals surface area contributed by atoms with Crippen molar-refractivity contribution >= 4 is 11.8 Å².